The first-order valence-corrected chi connectivity index (χ1v) is 11.0. The molecule has 1 aromatic carbocycles. The van der Waals surface area contributed by atoms with Gasteiger partial charge in [-0.2, -0.15) is 10.4 Å². The van der Waals surface area contributed by atoms with Crippen molar-refractivity contribution in [2.45, 2.75) is 37.6 Å². The number of aromatic amines is 1. The van der Waals surface area contributed by atoms with Gasteiger partial charge in [0.05, 0.1) is 16.3 Å². The number of nitrogens with one attached hydrogen (secondary N) is 1. The van der Waals surface area contributed by atoms with Crippen molar-refractivity contribution in [1.29, 1.82) is 5.26 Å². The summed E-state index contributed by atoms with van der Waals surface area (Å²) in [6.45, 7) is 1.01. The van der Waals surface area contributed by atoms with Crippen molar-refractivity contribution in [3.8, 4) is 29.1 Å². The molecular formula is C23H24ClN7O2. The highest BCUT2D eigenvalue weighted by Crippen LogP contribution is 2.47. The first kappa shape index (κ1) is 22.4. The molecule has 1 saturated heterocycles. The maximum Gasteiger partial charge on any atom is 0.254 e. The molecule has 33 heavy (non-hydrogen) atoms. The number of hydrogen-bond donors (Lipinski definition) is 3. The summed E-state index contributed by atoms with van der Waals surface area (Å²) in [5.41, 5.74) is 12.7. The molecule has 2 aliphatic rings. The number of likely N-dealkylation sites (tertiary alicyclic amines) is 1. The third kappa shape index (κ3) is 5.02. The van der Waals surface area contributed by atoms with Gasteiger partial charge < -0.3 is 21.1 Å². The molecule has 5 rings (SSSR count). The van der Waals surface area contributed by atoms with Crippen molar-refractivity contribution >= 4 is 23.3 Å². The van der Waals surface area contributed by atoms with E-state index in [1.807, 2.05) is 4.90 Å². The van der Waals surface area contributed by atoms with E-state index in [0.29, 0.717) is 33.4 Å². The summed E-state index contributed by atoms with van der Waals surface area (Å²) < 4.78 is 5.60. The predicted molar refractivity (Wildman–Crippen MR) is 124 cm³/mol. The van der Waals surface area contributed by atoms with E-state index in [9.17, 15) is 4.79 Å². The van der Waals surface area contributed by atoms with Crippen molar-refractivity contribution in [3.63, 3.8) is 0 Å². The number of amides is 1. The molecule has 10 heteroatoms. The van der Waals surface area contributed by atoms with Gasteiger partial charge in [-0.1, -0.05) is 11.6 Å². The second-order valence-corrected chi connectivity index (χ2v) is 8.53. The average Bonchev–Trinajstić information content (AvgIpc) is 3.47. The van der Waals surface area contributed by atoms with Crippen molar-refractivity contribution in [1.82, 2.24) is 20.1 Å². The number of benzene rings is 1. The lowest BCUT2D eigenvalue weighted by Crippen LogP contribution is -2.37. The Morgan fingerprint density at radius 3 is 2.52 bits per heavy atom. The summed E-state index contributed by atoms with van der Waals surface area (Å²) >= 11 is 5.77. The molecule has 0 unspecified atom stereocenters. The molecule has 170 valence electrons. The van der Waals surface area contributed by atoms with Gasteiger partial charge >= 0.3 is 0 Å². The van der Waals surface area contributed by atoms with Crippen LogP contribution in [0.4, 0.5) is 5.82 Å². The zero-order valence-corrected chi connectivity index (χ0v) is 18.7. The maximum atomic E-state index is 11.5. The number of nitrogen functional groups attached to an aromatic ring is 1. The molecule has 0 atom stereocenters. The first-order valence-electron chi connectivity index (χ1n) is 10.6. The second-order valence-electron chi connectivity index (χ2n) is 8.10. The van der Waals surface area contributed by atoms with E-state index in [0.717, 1.165) is 6.54 Å². The number of nitrogens with zero attached hydrogens (tertiary/aromatic N) is 4. The summed E-state index contributed by atoms with van der Waals surface area (Å²) in [4.78, 5) is 17.5. The summed E-state index contributed by atoms with van der Waals surface area (Å²) in [6, 6.07) is 10.3. The topological polar surface area (TPSA) is 147 Å². The van der Waals surface area contributed by atoms with E-state index in [4.69, 9.17) is 33.1 Å². The van der Waals surface area contributed by atoms with Gasteiger partial charge in [0.15, 0.2) is 12.0 Å². The number of nitrogens with two attached hydrogens (primary N) is 2. The van der Waals surface area contributed by atoms with Crippen LogP contribution in [0.5, 0.6) is 11.6 Å². The lowest BCUT2D eigenvalue weighted by Gasteiger charge is -2.31. The Hall–Kier alpha value is -3.77. The standard InChI is InChI=1S/C15H12ClN5O2.C8H12N2/c16-9-3-6-11(19-7-9)23-10-4-1-8(2-5-10)13-12(15(18)22)14(17)21-20-13;9-7-10-6-2-1-3-8(10)4-5-8/h1-7H,(H2,18,22)(H3,17,20,21);1-6H2. The highest BCUT2D eigenvalue weighted by molar-refractivity contribution is 6.30. The molecule has 2 aromatic heterocycles. The summed E-state index contributed by atoms with van der Waals surface area (Å²) in [6.07, 6.45) is 10.1. The van der Waals surface area contributed by atoms with Crippen LogP contribution in [0.1, 0.15) is 42.5 Å². The zero-order valence-electron chi connectivity index (χ0n) is 17.9. The van der Waals surface area contributed by atoms with Gasteiger partial charge in [0.1, 0.15) is 11.3 Å². The van der Waals surface area contributed by atoms with E-state index in [-0.39, 0.29) is 11.4 Å². The molecule has 3 aromatic rings. The number of anilines is 1. The minimum atomic E-state index is -0.642. The monoisotopic (exact) mass is 465 g/mol. The molecule has 1 spiro atoms. The number of carbonyl (C=O) groups excluding carboxylic acids is 1. The number of aromatic nitrogens is 3. The van der Waals surface area contributed by atoms with E-state index < -0.39 is 5.91 Å². The molecule has 1 aliphatic carbocycles. The molecule has 0 bridgehead atoms. The number of nitriles is 1. The zero-order chi connectivity index (χ0) is 23.4. The van der Waals surface area contributed by atoms with Gasteiger partial charge in [-0.05, 0) is 62.4 Å². The van der Waals surface area contributed by atoms with Crippen molar-refractivity contribution in [3.05, 3.63) is 53.2 Å². The van der Waals surface area contributed by atoms with Crippen molar-refractivity contribution in [2.24, 2.45) is 5.73 Å². The highest BCUT2D eigenvalue weighted by Gasteiger charge is 2.48. The van der Waals surface area contributed by atoms with E-state index >= 15 is 0 Å². The first-order chi connectivity index (χ1) is 15.9. The second kappa shape index (κ2) is 9.38. The number of piperidine rings is 1. The van der Waals surface area contributed by atoms with Gasteiger partial charge in [-0.3, -0.25) is 9.89 Å². The van der Waals surface area contributed by atoms with E-state index in [2.05, 4.69) is 21.4 Å². The van der Waals surface area contributed by atoms with Crippen molar-refractivity contribution in [2.75, 3.05) is 12.3 Å². The van der Waals surface area contributed by atoms with Gasteiger partial charge in [-0.25, -0.2) is 4.98 Å². The Morgan fingerprint density at radius 1 is 1.18 bits per heavy atom. The van der Waals surface area contributed by atoms with Gasteiger partial charge in [-0.15, -0.1) is 0 Å². The summed E-state index contributed by atoms with van der Waals surface area (Å²) in [5.74, 6) is 0.428. The Bertz CT molecular complexity index is 1170. The number of H-pyrrole nitrogens is 1. The number of rotatable bonds is 4. The molecule has 9 nitrogen and oxygen atoms in total. The number of primary amides is 1. The third-order valence-electron chi connectivity index (χ3n) is 5.90. The molecule has 2 fully saturated rings. The number of carbonyl (C=O) groups is 1. The number of pyridine rings is 1. The third-order valence-corrected chi connectivity index (χ3v) is 6.12. The van der Waals surface area contributed by atoms with Crippen LogP contribution in [0.2, 0.25) is 5.02 Å². The van der Waals surface area contributed by atoms with Gasteiger partial charge in [0.2, 0.25) is 5.88 Å². The van der Waals surface area contributed by atoms with Gasteiger partial charge in [0, 0.05) is 24.4 Å². The van der Waals surface area contributed by atoms with Crippen LogP contribution in [0.15, 0.2) is 42.6 Å². The fourth-order valence-electron chi connectivity index (χ4n) is 3.96. The number of halogens is 1. The lowest BCUT2D eigenvalue weighted by molar-refractivity contribution is 0.100. The molecule has 3 heterocycles. The minimum Gasteiger partial charge on any atom is -0.439 e. The molecule has 5 N–H and O–H groups in total. The van der Waals surface area contributed by atoms with Crippen LogP contribution in [-0.2, 0) is 0 Å². The number of ether oxygens (including phenoxy) is 1. The molecule has 1 aliphatic heterocycles. The maximum absolute atomic E-state index is 11.5. The summed E-state index contributed by atoms with van der Waals surface area (Å²) in [5, 5.41) is 15.8. The fraction of sp³-hybridized carbons (Fsp3) is 0.304. The molecule has 1 amide bonds. The normalized spacial score (nSPS) is 15.8. The Kier molecular flexibility index (Phi) is 6.38. The van der Waals surface area contributed by atoms with E-state index in [1.165, 1.54) is 38.3 Å². The number of hydrogen-bond acceptors (Lipinski definition) is 7. The average molecular weight is 466 g/mol. The van der Waals surface area contributed by atoms with Crippen molar-refractivity contribution < 1.29 is 9.53 Å². The highest BCUT2D eigenvalue weighted by atomic mass is 35.5. The minimum absolute atomic E-state index is 0.0678. The Morgan fingerprint density at radius 2 is 1.94 bits per heavy atom. The fourth-order valence-corrected chi connectivity index (χ4v) is 4.08. The quantitative estimate of drug-likeness (QED) is 0.491. The molecule has 1 saturated carbocycles. The molecule has 0 radical (unpaired) electrons. The summed E-state index contributed by atoms with van der Waals surface area (Å²) in [7, 11) is 0. The van der Waals surface area contributed by atoms with E-state index in [1.54, 1.807) is 36.4 Å². The lowest BCUT2D eigenvalue weighted by atomic mass is 10.0. The Labute approximate surface area is 196 Å². The van der Waals surface area contributed by atoms with Crippen LogP contribution in [0.3, 0.4) is 0 Å². The van der Waals surface area contributed by atoms with Gasteiger partial charge in [0.25, 0.3) is 5.91 Å². The largest absolute Gasteiger partial charge is 0.439 e. The van der Waals surface area contributed by atoms with Crippen LogP contribution in [0, 0.1) is 11.5 Å². The van der Waals surface area contributed by atoms with Crippen LogP contribution in [-0.4, -0.2) is 38.1 Å². The molecular weight excluding hydrogens is 442 g/mol. The van der Waals surface area contributed by atoms with Crippen LogP contribution in [0.25, 0.3) is 11.3 Å². The smallest absolute Gasteiger partial charge is 0.254 e. The van der Waals surface area contributed by atoms with Crippen LogP contribution >= 0.6 is 11.6 Å². The predicted octanol–water partition coefficient (Wildman–Crippen LogP) is 4.08. The van der Waals surface area contributed by atoms with Crippen LogP contribution < -0.4 is 16.2 Å². The SMILES string of the molecule is N#CN1CCCCC12CC2.NC(=O)c1c(N)n[nH]c1-c1ccc(Oc2ccc(Cl)cn2)cc1. The Balaban J connectivity index is 0.000000214.